The highest BCUT2D eigenvalue weighted by Crippen LogP contribution is 2.39. The van der Waals surface area contributed by atoms with Crippen LogP contribution in [0, 0.1) is 0 Å². The smallest absolute Gasteiger partial charge is 0.262 e. The second-order valence-electron chi connectivity index (χ2n) is 6.69. The van der Waals surface area contributed by atoms with E-state index in [2.05, 4.69) is 5.10 Å². The molecular formula is C21H25N3O4S. The second kappa shape index (κ2) is 9.09. The number of hydrogen-bond donors (Lipinski definition) is 0. The minimum Gasteiger partial charge on any atom is -0.497 e. The minimum atomic E-state index is -0.338. The van der Waals surface area contributed by atoms with E-state index in [0.717, 1.165) is 16.2 Å². The summed E-state index contributed by atoms with van der Waals surface area (Å²) < 4.78 is 10.9. The van der Waals surface area contributed by atoms with Crippen molar-refractivity contribution in [1.82, 2.24) is 9.91 Å². The van der Waals surface area contributed by atoms with Crippen LogP contribution in [0.5, 0.6) is 11.5 Å². The molecule has 2 heterocycles. The normalized spacial score (nSPS) is 15.8. The van der Waals surface area contributed by atoms with Gasteiger partial charge in [-0.1, -0.05) is 13.0 Å². The Bertz CT molecular complexity index is 911. The Morgan fingerprint density at radius 2 is 2.07 bits per heavy atom. The zero-order chi connectivity index (χ0) is 21.0. The molecule has 0 aliphatic carbocycles. The van der Waals surface area contributed by atoms with Crippen LogP contribution in [-0.4, -0.2) is 55.2 Å². The Labute approximate surface area is 174 Å². The van der Waals surface area contributed by atoms with Gasteiger partial charge >= 0.3 is 0 Å². The molecule has 0 saturated carbocycles. The largest absolute Gasteiger partial charge is 0.497 e. The Balaban J connectivity index is 1.96. The number of amides is 2. The fourth-order valence-electron chi connectivity index (χ4n) is 3.31. The maximum Gasteiger partial charge on any atom is 0.262 e. The monoisotopic (exact) mass is 415 g/mol. The number of nitrogens with zero attached hydrogens (tertiary/aromatic N) is 3. The van der Waals surface area contributed by atoms with Crippen LogP contribution in [0.1, 0.15) is 36.2 Å². The molecule has 1 aromatic heterocycles. The van der Waals surface area contributed by atoms with E-state index in [0.29, 0.717) is 24.3 Å². The first-order valence-corrected chi connectivity index (χ1v) is 10.3. The third kappa shape index (κ3) is 4.42. The van der Waals surface area contributed by atoms with Gasteiger partial charge in [0.25, 0.3) is 5.91 Å². The van der Waals surface area contributed by atoms with Crippen molar-refractivity contribution < 1.29 is 19.1 Å². The van der Waals surface area contributed by atoms with E-state index in [1.54, 1.807) is 39.5 Å². The molecule has 0 saturated heterocycles. The third-order valence-electron chi connectivity index (χ3n) is 4.87. The highest BCUT2D eigenvalue weighted by Gasteiger charge is 2.36. The molecule has 8 heteroatoms. The maximum atomic E-state index is 13.1. The lowest BCUT2D eigenvalue weighted by molar-refractivity contribution is -0.140. The number of ether oxygens (including phenoxy) is 2. The molecule has 1 aliphatic rings. The summed E-state index contributed by atoms with van der Waals surface area (Å²) in [6.07, 6.45) is 0.905. The zero-order valence-corrected chi connectivity index (χ0v) is 17.9. The van der Waals surface area contributed by atoms with Crippen molar-refractivity contribution in [3.05, 3.63) is 46.2 Å². The predicted molar refractivity (Wildman–Crippen MR) is 113 cm³/mol. The molecule has 0 fully saturated rings. The second-order valence-corrected chi connectivity index (χ2v) is 7.64. The fraction of sp³-hybridized carbons (Fsp3) is 0.381. The van der Waals surface area contributed by atoms with E-state index in [9.17, 15) is 9.59 Å². The van der Waals surface area contributed by atoms with E-state index in [1.807, 2.05) is 35.7 Å². The molecule has 2 aromatic rings. The van der Waals surface area contributed by atoms with Crippen molar-refractivity contribution in [3.8, 4) is 11.5 Å². The number of likely N-dealkylation sites (N-methyl/N-ethyl adjacent to an activating group) is 1. The molecule has 29 heavy (non-hydrogen) atoms. The number of carbonyl (C=O) groups is 2. The summed E-state index contributed by atoms with van der Waals surface area (Å²) in [6.45, 7) is 1.74. The first-order valence-electron chi connectivity index (χ1n) is 9.37. The molecule has 0 radical (unpaired) electrons. The Hall–Kier alpha value is -2.87. The van der Waals surface area contributed by atoms with Gasteiger partial charge in [0.15, 0.2) is 0 Å². The van der Waals surface area contributed by atoms with E-state index >= 15 is 0 Å². The van der Waals surface area contributed by atoms with Crippen molar-refractivity contribution in [2.24, 2.45) is 5.10 Å². The quantitative estimate of drug-likeness (QED) is 0.696. The van der Waals surface area contributed by atoms with E-state index in [-0.39, 0.29) is 24.4 Å². The Morgan fingerprint density at radius 3 is 2.69 bits per heavy atom. The van der Waals surface area contributed by atoms with Crippen LogP contribution in [-0.2, 0) is 9.59 Å². The van der Waals surface area contributed by atoms with Gasteiger partial charge in [-0.3, -0.25) is 9.59 Å². The highest BCUT2D eigenvalue weighted by molar-refractivity contribution is 7.12. The van der Waals surface area contributed by atoms with Crippen LogP contribution >= 0.6 is 11.3 Å². The number of methoxy groups -OCH3 is 2. The van der Waals surface area contributed by atoms with Crippen LogP contribution in [0.4, 0.5) is 0 Å². The third-order valence-corrected chi connectivity index (χ3v) is 5.79. The minimum absolute atomic E-state index is 0.0311. The Morgan fingerprint density at radius 1 is 1.28 bits per heavy atom. The maximum absolute atomic E-state index is 13.1. The van der Waals surface area contributed by atoms with Crippen LogP contribution < -0.4 is 9.47 Å². The van der Waals surface area contributed by atoms with Crippen LogP contribution in [0.15, 0.2) is 40.8 Å². The number of hydrogen-bond acceptors (Lipinski definition) is 6. The zero-order valence-electron chi connectivity index (χ0n) is 17.0. The van der Waals surface area contributed by atoms with Crippen molar-refractivity contribution >= 4 is 28.9 Å². The molecule has 3 rings (SSSR count). The molecule has 1 unspecified atom stereocenters. The predicted octanol–water partition coefficient (Wildman–Crippen LogP) is 3.31. The average Bonchev–Trinajstić information content (AvgIpc) is 3.42. The van der Waals surface area contributed by atoms with Gasteiger partial charge in [-0.15, -0.1) is 11.3 Å². The summed E-state index contributed by atoms with van der Waals surface area (Å²) >= 11 is 1.58. The molecule has 1 aliphatic heterocycles. The van der Waals surface area contributed by atoms with Crippen LogP contribution in [0.2, 0.25) is 0 Å². The van der Waals surface area contributed by atoms with Gasteiger partial charge in [-0.25, -0.2) is 5.01 Å². The SMILES string of the molecule is CCC(=O)N(C)CC(=O)N1N=C(c2cccs2)CC1c1cc(OC)ccc1OC. The van der Waals surface area contributed by atoms with Crippen molar-refractivity contribution in [2.75, 3.05) is 27.8 Å². The number of rotatable bonds is 7. The summed E-state index contributed by atoms with van der Waals surface area (Å²) in [5, 5.41) is 8.10. The van der Waals surface area contributed by atoms with Gasteiger partial charge in [0.05, 0.1) is 30.9 Å². The fourth-order valence-corrected chi connectivity index (χ4v) is 4.03. The topological polar surface area (TPSA) is 71.4 Å². The van der Waals surface area contributed by atoms with Gasteiger partial charge in [0.1, 0.15) is 18.0 Å². The molecule has 154 valence electrons. The molecule has 2 amide bonds. The standard InChI is InChI=1S/C21H25N3O4S/c1-5-20(25)23(2)13-21(26)24-17(12-16(22-24)19-7-6-10-29-19)15-11-14(27-3)8-9-18(15)28-4/h6-11,17H,5,12-13H2,1-4H3. The number of benzene rings is 1. The first-order chi connectivity index (χ1) is 14.0. The molecule has 0 N–H and O–H groups in total. The number of carbonyl (C=O) groups excluding carboxylic acids is 2. The van der Waals surface area contributed by atoms with Crippen LogP contribution in [0.25, 0.3) is 0 Å². The van der Waals surface area contributed by atoms with E-state index in [1.165, 1.54) is 9.91 Å². The van der Waals surface area contributed by atoms with Gasteiger partial charge in [-0.05, 0) is 29.6 Å². The summed E-state index contributed by atoms with van der Waals surface area (Å²) in [5.74, 6) is 1.01. The average molecular weight is 416 g/mol. The lowest BCUT2D eigenvalue weighted by Gasteiger charge is -2.26. The first kappa shape index (κ1) is 20.9. The summed E-state index contributed by atoms with van der Waals surface area (Å²) in [4.78, 5) is 27.5. The van der Waals surface area contributed by atoms with Gasteiger partial charge in [0.2, 0.25) is 5.91 Å². The van der Waals surface area contributed by atoms with Gasteiger partial charge in [-0.2, -0.15) is 5.10 Å². The summed E-state index contributed by atoms with van der Waals surface area (Å²) in [6, 6.07) is 9.13. The molecule has 0 spiro atoms. The summed E-state index contributed by atoms with van der Waals surface area (Å²) in [7, 11) is 4.83. The molecule has 0 bridgehead atoms. The molecular weight excluding hydrogens is 390 g/mol. The Kier molecular flexibility index (Phi) is 6.53. The number of hydrazone groups is 1. The van der Waals surface area contributed by atoms with Crippen molar-refractivity contribution in [2.45, 2.75) is 25.8 Å². The molecule has 1 atom stereocenters. The van der Waals surface area contributed by atoms with Crippen molar-refractivity contribution in [1.29, 1.82) is 0 Å². The van der Waals surface area contributed by atoms with E-state index < -0.39 is 0 Å². The van der Waals surface area contributed by atoms with Crippen LogP contribution in [0.3, 0.4) is 0 Å². The molecule has 7 nitrogen and oxygen atoms in total. The molecule has 1 aromatic carbocycles. The summed E-state index contributed by atoms with van der Waals surface area (Å²) in [5.41, 5.74) is 1.66. The lowest BCUT2D eigenvalue weighted by atomic mass is 9.99. The van der Waals surface area contributed by atoms with E-state index in [4.69, 9.17) is 9.47 Å². The highest BCUT2D eigenvalue weighted by atomic mass is 32.1. The van der Waals surface area contributed by atoms with Gasteiger partial charge < -0.3 is 14.4 Å². The lowest BCUT2D eigenvalue weighted by Crippen LogP contribution is -2.39. The number of thiophene rings is 1. The van der Waals surface area contributed by atoms with Crippen molar-refractivity contribution in [3.63, 3.8) is 0 Å². The van der Waals surface area contributed by atoms with Gasteiger partial charge in [0, 0.05) is 25.5 Å².